The first-order chi connectivity index (χ1) is 11.7. The van der Waals surface area contributed by atoms with Gasteiger partial charge in [0.05, 0.1) is 11.1 Å². The molecular formula is C17H22N4O3. The van der Waals surface area contributed by atoms with Gasteiger partial charge in [0.2, 0.25) is 0 Å². The lowest BCUT2D eigenvalue weighted by atomic mass is 10.1. The number of non-ortho nitro benzene ring substituents is 1. The summed E-state index contributed by atoms with van der Waals surface area (Å²) in [6, 6.07) is 6.98. The molecule has 0 radical (unpaired) electrons. The van der Waals surface area contributed by atoms with Crippen LogP contribution >= 0.6 is 0 Å². The van der Waals surface area contributed by atoms with Crippen molar-refractivity contribution < 1.29 is 9.34 Å². The van der Waals surface area contributed by atoms with Crippen molar-refractivity contribution in [2.45, 2.75) is 25.3 Å². The van der Waals surface area contributed by atoms with Crippen molar-refractivity contribution in [2.75, 3.05) is 26.7 Å². The van der Waals surface area contributed by atoms with Crippen molar-refractivity contribution in [3.05, 3.63) is 46.5 Å². The molecule has 1 saturated heterocycles. The zero-order valence-electron chi connectivity index (χ0n) is 13.8. The first-order valence-electron chi connectivity index (χ1n) is 8.25. The number of nitro groups is 1. The van der Waals surface area contributed by atoms with Gasteiger partial charge in [-0.25, -0.2) is 4.98 Å². The van der Waals surface area contributed by atoms with E-state index in [4.69, 9.17) is 4.42 Å². The van der Waals surface area contributed by atoms with E-state index in [-0.39, 0.29) is 5.69 Å². The predicted octanol–water partition coefficient (Wildman–Crippen LogP) is 2.48. The average molecular weight is 330 g/mol. The highest BCUT2D eigenvalue weighted by atomic mass is 16.6. The minimum Gasteiger partial charge on any atom is -0.441 e. The number of benzene rings is 1. The Labute approximate surface area is 140 Å². The van der Waals surface area contributed by atoms with Crippen LogP contribution in [0.5, 0.6) is 0 Å². The Morgan fingerprint density at radius 1 is 1.50 bits per heavy atom. The van der Waals surface area contributed by atoms with Gasteiger partial charge in [-0.05, 0) is 26.4 Å². The standard InChI is InChI=1S/C17H22N4O3/c1-18-14-5-3-8-20(12-14)9-7-17-19-11-16(24-17)13-4-2-6-15(10-13)21(22)23/h2,4,6,10-11,14,18H,3,5,7-9,12H2,1H3. The third kappa shape index (κ3) is 3.98. The van der Waals surface area contributed by atoms with Crippen LogP contribution in [0, 0.1) is 10.1 Å². The lowest BCUT2D eigenvalue weighted by Gasteiger charge is -2.32. The minimum atomic E-state index is -0.407. The molecule has 2 heterocycles. The third-order valence-electron chi connectivity index (χ3n) is 4.45. The predicted molar refractivity (Wildman–Crippen MR) is 90.8 cm³/mol. The van der Waals surface area contributed by atoms with Crippen LogP contribution in [0.15, 0.2) is 34.9 Å². The summed E-state index contributed by atoms with van der Waals surface area (Å²) < 4.78 is 5.77. The van der Waals surface area contributed by atoms with Gasteiger partial charge in [-0.3, -0.25) is 10.1 Å². The topological polar surface area (TPSA) is 84.4 Å². The molecule has 3 rings (SSSR count). The van der Waals surface area contributed by atoms with Crippen molar-refractivity contribution >= 4 is 5.69 Å². The van der Waals surface area contributed by atoms with Gasteiger partial charge in [0.15, 0.2) is 11.7 Å². The maximum Gasteiger partial charge on any atom is 0.270 e. The molecule has 0 bridgehead atoms. The number of aromatic nitrogens is 1. The zero-order valence-corrected chi connectivity index (χ0v) is 13.8. The number of nitrogens with one attached hydrogen (secondary N) is 1. The van der Waals surface area contributed by atoms with E-state index in [0.29, 0.717) is 23.3 Å². The second-order valence-corrected chi connectivity index (χ2v) is 6.10. The summed E-state index contributed by atoms with van der Waals surface area (Å²) in [5.74, 6) is 1.24. The Balaban J connectivity index is 1.61. The smallest absolute Gasteiger partial charge is 0.270 e. The Kier molecular flexibility index (Phi) is 5.22. The third-order valence-corrected chi connectivity index (χ3v) is 4.45. The zero-order chi connectivity index (χ0) is 16.9. The summed E-state index contributed by atoms with van der Waals surface area (Å²) >= 11 is 0. The van der Waals surface area contributed by atoms with E-state index in [2.05, 4.69) is 15.2 Å². The molecule has 1 fully saturated rings. The highest BCUT2D eigenvalue weighted by molar-refractivity contribution is 5.60. The molecule has 1 aromatic carbocycles. The summed E-state index contributed by atoms with van der Waals surface area (Å²) in [4.78, 5) is 17.2. The molecule has 1 aliphatic heterocycles. The largest absolute Gasteiger partial charge is 0.441 e. The number of hydrogen-bond acceptors (Lipinski definition) is 6. The molecule has 0 spiro atoms. The maximum absolute atomic E-state index is 10.9. The number of nitrogens with zero attached hydrogens (tertiary/aromatic N) is 3. The fourth-order valence-electron chi connectivity index (χ4n) is 3.08. The highest BCUT2D eigenvalue weighted by Gasteiger charge is 2.19. The quantitative estimate of drug-likeness (QED) is 0.647. The normalized spacial score (nSPS) is 18.6. The van der Waals surface area contributed by atoms with Crippen LogP contribution in [0.3, 0.4) is 0 Å². The number of rotatable bonds is 6. The van der Waals surface area contributed by atoms with Crippen LogP contribution in [0.25, 0.3) is 11.3 Å². The minimum absolute atomic E-state index is 0.0527. The van der Waals surface area contributed by atoms with Crippen LogP contribution in [0.1, 0.15) is 18.7 Å². The van der Waals surface area contributed by atoms with Crippen molar-refractivity contribution in [3.8, 4) is 11.3 Å². The van der Waals surface area contributed by atoms with Gasteiger partial charge in [-0.15, -0.1) is 0 Å². The molecule has 0 amide bonds. The Bertz CT molecular complexity index is 701. The van der Waals surface area contributed by atoms with Gasteiger partial charge in [-0.1, -0.05) is 12.1 Å². The molecule has 2 aromatic rings. The van der Waals surface area contributed by atoms with Crippen LogP contribution < -0.4 is 5.32 Å². The number of oxazole rings is 1. The average Bonchev–Trinajstić information content (AvgIpc) is 3.09. The van der Waals surface area contributed by atoms with E-state index < -0.39 is 4.92 Å². The molecule has 24 heavy (non-hydrogen) atoms. The molecular weight excluding hydrogens is 308 g/mol. The fraction of sp³-hybridized carbons (Fsp3) is 0.471. The highest BCUT2D eigenvalue weighted by Crippen LogP contribution is 2.24. The number of likely N-dealkylation sites (N-methyl/N-ethyl adjacent to an activating group) is 1. The molecule has 1 aliphatic rings. The lowest BCUT2D eigenvalue weighted by molar-refractivity contribution is -0.384. The monoisotopic (exact) mass is 330 g/mol. The molecule has 7 nitrogen and oxygen atoms in total. The molecule has 1 atom stereocenters. The molecule has 128 valence electrons. The van der Waals surface area contributed by atoms with Crippen molar-refractivity contribution in [1.29, 1.82) is 0 Å². The number of piperidine rings is 1. The molecule has 1 N–H and O–H groups in total. The second-order valence-electron chi connectivity index (χ2n) is 6.10. The SMILES string of the molecule is CNC1CCCN(CCc2ncc(-c3cccc([N+](=O)[O-])c3)o2)C1. The lowest BCUT2D eigenvalue weighted by Crippen LogP contribution is -2.44. The molecule has 1 aromatic heterocycles. The van der Waals surface area contributed by atoms with E-state index in [1.165, 1.54) is 25.0 Å². The number of likely N-dealkylation sites (tertiary alicyclic amines) is 1. The Hall–Kier alpha value is -2.25. The summed E-state index contributed by atoms with van der Waals surface area (Å²) in [6.07, 6.45) is 4.81. The summed E-state index contributed by atoms with van der Waals surface area (Å²) in [5, 5.41) is 14.2. The van der Waals surface area contributed by atoms with Gasteiger partial charge in [0, 0.05) is 43.2 Å². The van der Waals surface area contributed by atoms with Gasteiger partial charge < -0.3 is 14.6 Å². The Morgan fingerprint density at radius 2 is 2.38 bits per heavy atom. The number of nitro benzene ring substituents is 1. The molecule has 0 aliphatic carbocycles. The summed E-state index contributed by atoms with van der Waals surface area (Å²) in [6.45, 7) is 3.07. The second kappa shape index (κ2) is 7.55. The van der Waals surface area contributed by atoms with Gasteiger partial charge in [0.1, 0.15) is 0 Å². The van der Waals surface area contributed by atoms with Crippen molar-refractivity contribution in [3.63, 3.8) is 0 Å². The van der Waals surface area contributed by atoms with Gasteiger partial charge >= 0.3 is 0 Å². The van der Waals surface area contributed by atoms with Crippen molar-refractivity contribution in [1.82, 2.24) is 15.2 Å². The first-order valence-corrected chi connectivity index (χ1v) is 8.25. The summed E-state index contributed by atoms with van der Waals surface area (Å²) in [5.41, 5.74) is 0.730. The van der Waals surface area contributed by atoms with Crippen LogP contribution in [0.2, 0.25) is 0 Å². The summed E-state index contributed by atoms with van der Waals surface area (Å²) in [7, 11) is 2.01. The maximum atomic E-state index is 10.9. The first kappa shape index (κ1) is 16.6. The van der Waals surface area contributed by atoms with Crippen LogP contribution in [0.4, 0.5) is 5.69 Å². The van der Waals surface area contributed by atoms with Crippen LogP contribution in [-0.2, 0) is 6.42 Å². The van der Waals surface area contributed by atoms with E-state index >= 15 is 0 Å². The van der Waals surface area contributed by atoms with E-state index in [1.54, 1.807) is 18.3 Å². The molecule has 0 saturated carbocycles. The van der Waals surface area contributed by atoms with Crippen LogP contribution in [-0.4, -0.2) is 47.5 Å². The van der Waals surface area contributed by atoms with E-state index in [1.807, 2.05) is 7.05 Å². The molecule has 1 unspecified atom stereocenters. The van der Waals surface area contributed by atoms with Gasteiger partial charge in [-0.2, -0.15) is 0 Å². The fourth-order valence-corrected chi connectivity index (χ4v) is 3.08. The van der Waals surface area contributed by atoms with Gasteiger partial charge in [0.25, 0.3) is 5.69 Å². The Morgan fingerprint density at radius 3 is 3.17 bits per heavy atom. The number of hydrogen-bond donors (Lipinski definition) is 1. The van der Waals surface area contributed by atoms with E-state index in [0.717, 1.165) is 26.1 Å². The van der Waals surface area contributed by atoms with E-state index in [9.17, 15) is 10.1 Å². The molecule has 7 heteroatoms. The van der Waals surface area contributed by atoms with Crippen molar-refractivity contribution in [2.24, 2.45) is 0 Å².